The van der Waals surface area contributed by atoms with Gasteiger partial charge < -0.3 is 19.8 Å². The minimum Gasteiger partial charge on any atom is -0.480 e. The molecular formula is C27H33N3O3. The van der Waals surface area contributed by atoms with Crippen molar-refractivity contribution in [1.29, 1.82) is 0 Å². The number of hydrogen-bond acceptors (Lipinski definition) is 4. The number of carbonyl (C=O) groups is 1. The number of nitrogens with zero attached hydrogens (tertiary/aromatic N) is 1. The maximum absolute atomic E-state index is 13.5. The van der Waals surface area contributed by atoms with E-state index in [9.17, 15) is 4.79 Å². The second-order valence-corrected chi connectivity index (χ2v) is 12.2. The van der Waals surface area contributed by atoms with E-state index >= 15 is 0 Å². The average molecular weight is 448 g/mol. The van der Waals surface area contributed by atoms with Crippen LogP contribution >= 0.6 is 0 Å². The monoisotopic (exact) mass is 447 g/mol. The molecule has 0 unspecified atom stereocenters. The predicted molar refractivity (Wildman–Crippen MR) is 127 cm³/mol. The molecule has 2 N–H and O–H groups in total. The summed E-state index contributed by atoms with van der Waals surface area (Å²) < 4.78 is 12.4. The SMILES string of the molecule is C[C@H]1CCN2C[C@]34Cc5c([nH]c6c7c(ccc56)OC(C)(C)C=CO7)C(C)(C)[C@@H]3C[C@]12C(=O)N4. The van der Waals surface area contributed by atoms with Crippen molar-refractivity contribution >= 4 is 16.8 Å². The molecule has 2 aromatic rings. The highest BCUT2D eigenvalue weighted by Crippen LogP contribution is 2.60. The molecule has 6 heteroatoms. The van der Waals surface area contributed by atoms with Gasteiger partial charge in [-0.15, -0.1) is 0 Å². The van der Waals surface area contributed by atoms with Crippen molar-refractivity contribution in [2.45, 2.75) is 76.0 Å². The van der Waals surface area contributed by atoms with Gasteiger partial charge in [0, 0.05) is 23.0 Å². The van der Waals surface area contributed by atoms with Gasteiger partial charge in [-0.25, -0.2) is 0 Å². The second-order valence-electron chi connectivity index (χ2n) is 12.2. The van der Waals surface area contributed by atoms with Crippen LogP contribution in [0.2, 0.25) is 0 Å². The maximum atomic E-state index is 13.5. The molecule has 4 saturated heterocycles. The van der Waals surface area contributed by atoms with Crippen LogP contribution in [0.5, 0.6) is 11.5 Å². The lowest BCUT2D eigenvalue weighted by atomic mass is 9.51. The summed E-state index contributed by atoms with van der Waals surface area (Å²) >= 11 is 0. The van der Waals surface area contributed by atoms with Crippen molar-refractivity contribution in [2.24, 2.45) is 11.8 Å². The zero-order chi connectivity index (χ0) is 23.0. The molecule has 8 rings (SSSR count). The van der Waals surface area contributed by atoms with Gasteiger partial charge in [-0.05, 0) is 75.3 Å². The molecule has 5 aliphatic heterocycles. The van der Waals surface area contributed by atoms with Crippen LogP contribution in [-0.2, 0) is 16.6 Å². The average Bonchev–Trinajstić information content (AvgIpc) is 3.21. The summed E-state index contributed by atoms with van der Waals surface area (Å²) in [6, 6.07) is 4.20. The highest BCUT2D eigenvalue weighted by Gasteiger charge is 2.70. The number of piperidine rings is 2. The minimum atomic E-state index is -0.427. The lowest BCUT2D eigenvalue weighted by Gasteiger charge is -2.66. The molecule has 6 nitrogen and oxygen atoms in total. The first-order chi connectivity index (χ1) is 15.6. The summed E-state index contributed by atoms with van der Waals surface area (Å²) in [7, 11) is 0. The van der Waals surface area contributed by atoms with Crippen LogP contribution in [-0.4, -0.2) is 45.6 Å². The quantitative estimate of drug-likeness (QED) is 0.640. The summed E-state index contributed by atoms with van der Waals surface area (Å²) in [6.07, 6.45) is 6.59. The van der Waals surface area contributed by atoms with Crippen LogP contribution in [0.3, 0.4) is 0 Å². The molecule has 0 radical (unpaired) electrons. The Morgan fingerprint density at radius 3 is 2.82 bits per heavy atom. The number of nitrogens with one attached hydrogen (secondary N) is 2. The highest BCUT2D eigenvalue weighted by atomic mass is 16.5. The third-order valence-corrected chi connectivity index (χ3v) is 9.66. The number of ether oxygens (including phenoxy) is 2. The van der Waals surface area contributed by atoms with Crippen LogP contribution in [0.15, 0.2) is 24.5 Å². The van der Waals surface area contributed by atoms with E-state index < -0.39 is 5.60 Å². The molecular weight excluding hydrogens is 414 g/mol. The van der Waals surface area contributed by atoms with E-state index in [0.717, 1.165) is 49.4 Å². The Labute approximate surface area is 194 Å². The number of fused-ring (bicyclic) bond motifs is 6. The van der Waals surface area contributed by atoms with E-state index in [4.69, 9.17) is 9.47 Å². The molecule has 1 amide bonds. The van der Waals surface area contributed by atoms with Crippen molar-refractivity contribution in [1.82, 2.24) is 15.2 Å². The molecule has 0 saturated carbocycles. The number of H-pyrrole nitrogens is 1. The standard InChI is InChI=1S/C27H33N3O3/c1-15-8-10-30-14-26-12-17-16-6-7-18-21(32-11-9-24(2,3)33-18)20(16)28-22(17)25(4,5)19(26)13-27(15,30)23(31)29-26/h6-7,9,11,15,19,28H,8,10,12-14H2,1-5H3,(H,29,31)/t15-,19-,26+,27+/m0/s1. The topological polar surface area (TPSA) is 66.6 Å². The fraction of sp³-hybridized carbons (Fsp3) is 0.593. The summed E-state index contributed by atoms with van der Waals surface area (Å²) in [5.41, 5.74) is 2.51. The van der Waals surface area contributed by atoms with E-state index in [-0.39, 0.29) is 22.4 Å². The zero-order valence-corrected chi connectivity index (χ0v) is 20.2. The molecule has 1 aliphatic carbocycles. The van der Waals surface area contributed by atoms with E-state index in [2.05, 4.69) is 42.0 Å². The van der Waals surface area contributed by atoms with Gasteiger partial charge in [0.25, 0.3) is 0 Å². The number of rotatable bonds is 0. The number of hydrogen-bond donors (Lipinski definition) is 2. The van der Waals surface area contributed by atoms with Crippen LogP contribution in [0.4, 0.5) is 0 Å². The van der Waals surface area contributed by atoms with Crippen molar-refractivity contribution in [2.75, 3.05) is 13.1 Å². The molecule has 2 spiro atoms. The normalized spacial score (nSPS) is 37.3. The summed E-state index contributed by atoms with van der Waals surface area (Å²) in [4.78, 5) is 19.8. The number of benzene rings is 1. The van der Waals surface area contributed by atoms with Gasteiger partial charge in [0.1, 0.15) is 11.1 Å². The Morgan fingerprint density at radius 2 is 2.00 bits per heavy atom. The van der Waals surface area contributed by atoms with Gasteiger partial charge >= 0.3 is 0 Å². The molecule has 4 fully saturated rings. The van der Waals surface area contributed by atoms with Gasteiger partial charge in [0.2, 0.25) is 5.91 Å². The number of aromatic amines is 1. The van der Waals surface area contributed by atoms with Gasteiger partial charge in [0.15, 0.2) is 11.5 Å². The van der Waals surface area contributed by atoms with Gasteiger partial charge in [-0.1, -0.05) is 20.8 Å². The van der Waals surface area contributed by atoms with Crippen LogP contribution < -0.4 is 14.8 Å². The third kappa shape index (κ3) is 2.26. The molecule has 174 valence electrons. The summed E-state index contributed by atoms with van der Waals surface area (Å²) in [5.74, 6) is 2.54. The molecule has 4 atom stereocenters. The fourth-order valence-electron chi connectivity index (χ4n) is 7.98. The van der Waals surface area contributed by atoms with Crippen molar-refractivity contribution < 1.29 is 14.3 Å². The Kier molecular flexibility index (Phi) is 3.49. The predicted octanol–water partition coefficient (Wildman–Crippen LogP) is 4.03. The van der Waals surface area contributed by atoms with Crippen molar-refractivity contribution in [3.05, 3.63) is 35.7 Å². The number of aromatic nitrogens is 1. The Hall–Kier alpha value is -2.47. The van der Waals surface area contributed by atoms with Crippen LogP contribution in [0.25, 0.3) is 10.9 Å². The number of carbonyl (C=O) groups excluding carboxylic acids is 1. The lowest BCUT2D eigenvalue weighted by molar-refractivity contribution is -0.164. The van der Waals surface area contributed by atoms with Crippen molar-refractivity contribution in [3.63, 3.8) is 0 Å². The molecule has 1 aromatic heterocycles. The van der Waals surface area contributed by atoms with E-state index in [0.29, 0.717) is 11.8 Å². The largest absolute Gasteiger partial charge is 0.480 e. The lowest BCUT2D eigenvalue weighted by Crippen LogP contribution is -2.83. The number of piperazine rings is 1. The van der Waals surface area contributed by atoms with Gasteiger partial charge in [0.05, 0.1) is 17.3 Å². The molecule has 33 heavy (non-hydrogen) atoms. The smallest absolute Gasteiger partial charge is 0.241 e. The van der Waals surface area contributed by atoms with E-state index in [1.807, 2.05) is 26.0 Å². The van der Waals surface area contributed by atoms with Gasteiger partial charge in [-0.2, -0.15) is 0 Å². The zero-order valence-electron chi connectivity index (χ0n) is 20.2. The van der Waals surface area contributed by atoms with Crippen LogP contribution in [0.1, 0.15) is 58.7 Å². The first-order valence-corrected chi connectivity index (χ1v) is 12.4. The van der Waals surface area contributed by atoms with Crippen LogP contribution in [0, 0.1) is 11.8 Å². The van der Waals surface area contributed by atoms with Crippen molar-refractivity contribution in [3.8, 4) is 11.5 Å². The van der Waals surface area contributed by atoms with E-state index in [1.165, 1.54) is 16.6 Å². The number of amides is 1. The first-order valence-electron chi connectivity index (χ1n) is 12.4. The molecule has 2 bridgehead atoms. The third-order valence-electron chi connectivity index (χ3n) is 9.66. The first kappa shape index (κ1) is 20.0. The maximum Gasteiger partial charge on any atom is 0.241 e. The summed E-state index contributed by atoms with van der Waals surface area (Å²) in [5, 5.41) is 4.77. The minimum absolute atomic E-state index is 0.102. The molecule has 6 heterocycles. The molecule has 1 aromatic carbocycles. The Morgan fingerprint density at radius 1 is 1.18 bits per heavy atom. The molecule has 6 aliphatic rings. The Bertz CT molecular complexity index is 1260. The fourth-order valence-corrected chi connectivity index (χ4v) is 7.98. The highest BCUT2D eigenvalue weighted by molar-refractivity contribution is 5.94. The van der Waals surface area contributed by atoms with E-state index in [1.54, 1.807) is 6.26 Å². The second kappa shape index (κ2) is 5.77. The summed E-state index contributed by atoms with van der Waals surface area (Å²) in [6.45, 7) is 13.0. The Balaban J connectivity index is 1.42. The van der Waals surface area contributed by atoms with Gasteiger partial charge in [-0.3, -0.25) is 9.69 Å².